The molecule has 0 unspecified atom stereocenters. The topological polar surface area (TPSA) is 61.5 Å². The van der Waals surface area contributed by atoms with Gasteiger partial charge in [0.1, 0.15) is 5.75 Å². The van der Waals surface area contributed by atoms with Gasteiger partial charge < -0.3 is 9.47 Å². The summed E-state index contributed by atoms with van der Waals surface area (Å²) in [6.07, 6.45) is 4.75. The van der Waals surface area contributed by atoms with Gasteiger partial charge in [0.2, 0.25) is 0 Å². The fraction of sp³-hybridized carbons (Fsp3) is 0.381. The van der Waals surface area contributed by atoms with Crippen molar-refractivity contribution >= 4 is 17.9 Å². The fourth-order valence-corrected chi connectivity index (χ4v) is 3.68. The van der Waals surface area contributed by atoms with Crippen LogP contribution in [0.25, 0.3) is 0 Å². The van der Waals surface area contributed by atoms with Crippen LogP contribution < -0.4 is 9.88 Å². The van der Waals surface area contributed by atoms with Crippen LogP contribution in [0.4, 0.5) is 0 Å². The second-order valence-electron chi connectivity index (χ2n) is 6.39. The predicted octanol–water partition coefficient (Wildman–Crippen LogP) is 4.63. The second kappa shape index (κ2) is 9.64. The standard InChI is InChI=1S/C12H14O2.C9H13NOS/c1-14-12(13)11-7-6-9-4-2-3-5-10(9)8-11;1-6-4-8(11-3)5-7(2)9(6)12-10/h6-8H,2-5H2,1H3;4-5H,10H2,1-3H3. The number of hydrogen-bond acceptors (Lipinski definition) is 5. The Hall–Kier alpha value is -1.98. The van der Waals surface area contributed by atoms with Gasteiger partial charge in [0, 0.05) is 4.90 Å². The van der Waals surface area contributed by atoms with Gasteiger partial charge in [-0.3, -0.25) is 5.14 Å². The number of esters is 1. The van der Waals surface area contributed by atoms with E-state index in [2.05, 4.69) is 10.8 Å². The van der Waals surface area contributed by atoms with Crippen LogP contribution in [0, 0.1) is 13.8 Å². The third-order valence-electron chi connectivity index (χ3n) is 4.56. The Balaban J connectivity index is 0.000000190. The zero-order valence-electron chi connectivity index (χ0n) is 15.9. The van der Waals surface area contributed by atoms with Gasteiger partial charge in [0.15, 0.2) is 0 Å². The Morgan fingerprint density at radius 1 is 1.00 bits per heavy atom. The first-order valence-corrected chi connectivity index (χ1v) is 9.60. The molecular weight excluding hydrogens is 346 g/mol. The largest absolute Gasteiger partial charge is 0.497 e. The van der Waals surface area contributed by atoms with Crippen molar-refractivity contribution in [2.24, 2.45) is 5.14 Å². The molecule has 3 rings (SSSR count). The molecule has 0 saturated carbocycles. The first kappa shape index (κ1) is 20.3. The highest BCUT2D eigenvalue weighted by Gasteiger charge is 2.12. The summed E-state index contributed by atoms with van der Waals surface area (Å²) in [5.74, 6) is 0.654. The van der Waals surface area contributed by atoms with E-state index in [0.29, 0.717) is 5.56 Å². The van der Waals surface area contributed by atoms with Crippen molar-refractivity contribution in [1.29, 1.82) is 0 Å². The van der Waals surface area contributed by atoms with E-state index in [1.165, 1.54) is 54.2 Å². The van der Waals surface area contributed by atoms with Crippen molar-refractivity contribution in [3.8, 4) is 5.75 Å². The molecule has 1 aliphatic carbocycles. The van der Waals surface area contributed by atoms with E-state index in [4.69, 9.17) is 9.88 Å². The minimum absolute atomic E-state index is 0.238. The summed E-state index contributed by atoms with van der Waals surface area (Å²) in [5.41, 5.74) is 5.72. The quantitative estimate of drug-likeness (QED) is 0.628. The summed E-state index contributed by atoms with van der Waals surface area (Å²) in [6.45, 7) is 4.06. The number of carbonyl (C=O) groups excluding carboxylic acids is 1. The first-order chi connectivity index (χ1) is 12.5. The average Bonchev–Trinajstić information content (AvgIpc) is 2.67. The summed E-state index contributed by atoms with van der Waals surface area (Å²) in [4.78, 5) is 12.4. The van der Waals surface area contributed by atoms with Crippen LogP contribution in [0.15, 0.2) is 35.2 Å². The van der Waals surface area contributed by atoms with Crippen LogP contribution >= 0.6 is 11.9 Å². The molecule has 0 aromatic heterocycles. The molecule has 5 heteroatoms. The molecule has 2 N–H and O–H groups in total. The van der Waals surface area contributed by atoms with Crippen LogP contribution in [-0.4, -0.2) is 20.2 Å². The highest BCUT2D eigenvalue weighted by molar-refractivity contribution is 7.97. The average molecular weight is 374 g/mol. The molecule has 0 heterocycles. The maximum absolute atomic E-state index is 11.3. The van der Waals surface area contributed by atoms with Crippen molar-refractivity contribution in [3.63, 3.8) is 0 Å². The third-order valence-corrected chi connectivity index (χ3v) is 5.44. The van der Waals surface area contributed by atoms with E-state index in [1.54, 1.807) is 7.11 Å². The summed E-state index contributed by atoms with van der Waals surface area (Å²) < 4.78 is 9.81. The highest BCUT2D eigenvalue weighted by Crippen LogP contribution is 2.27. The smallest absolute Gasteiger partial charge is 0.337 e. The Morgan fingerprint density at radius 3 is 2.15 bits per heavy atom. The minimum atomic E-state index is -0.238. The molecule has 0 atom stereocenters. The van der Waals surface area contributed by atoms with Crippen molar-refractivity contribution < 1.29 is 14.3 Å². The number of ether oxygens (including phenoxy) is 2. The van der Waals surface area contributed by atoms with E-state index in [-0.39, 0.29) is 5.97 Å². The number of nitrogens with two attached hydrogens (primary N) is 1. The van der Waals surface area contributed by atoms with E-state index in [1.807, 2.05) is 38.1 Å². The third kappa shape index (κ3) is 5.02. The monoisotopic (exact) mass is 373 g/mol. The molecule has 0 spiro atoms. The van der Waals surface area contributed by atoms with Crippen LogP contribution in [0.2, 0.25) is 0 Å². The van der Waals surface area contributed by atoms with Crippen molar-refractivity contribution in [2.45, 2.75) is 44.4 Å². The highest BCUT2D eigenvalue weighted by atomic mass is 32.2. The molecular formula is C21H27NO3S. The fourth-order valence-electron chi connectivity index (χ4n) is 3.19. The van der Waals surface area contributed by atoms with Crippen LogP contribution in [0.5, 0.6) is 5.75 Å². The van der Waals surface area contributed by atoms with Crippen LogP contribution in [0.3, 0.4) is 0 Å². The van der Waals surface area contributed by atoms with Gasteiger partial charge in [-0.15, -0.1) is 0 Å². The molecule has 0 bridgehead atoms. The summed E-state index contributed by atoms with van der Waals surface area (Å²) in [7, 11) is 3.09. The molecule has 0 radical (unpaired) electrons. The molecule has 0 aliphatic heterocycles. The Bertz CT molecular complexity index is 751. The number of fused-ring (bicyclic) bond motifs is 1. The number of benzene rings is 2. The molecule has 26 heavy (non-hydrogen) atoms. The van der Waals surface area contributed by atoms with Gasteiger partial charge in [0.05, 0.1) is 19.8 Å². The van der Waals surface area contributed by atoms with E-state index in [0.717, 1.165) is 23.5 Å². The van der Waals surface area contributed by atoms with Gasteiger partial charge >= 0.3 is 5.97 Å². The lowest BCUT2D eigenvalue weighted by molar-refractivity contribution is 0.0600. The van der Waals surface area contributed by atoms with Crippen LogP contribution in [-0.2, 0) is 17.6 Å². The Morgan fingerprint density at radius 2 is 1.62 bits per heavy atom. The predicted molar refractivity (Wildman–Crippen MR) is 107 cm³/mol. The lowest BCUT2D eigenvalue weighted by Gasteiger charge is -2.15. The maximum atomic E-state index is 11.3. The van der Waals surface area contributed by atoms with Crippen LogP contribution in [0.1, 0.15) is 45.5 Å². The lowest BCUT2D eigenvalue weighted by Crippen LogP contribution is -2.07. The first-order valence-electron chi connectivity index (χ1n) is 8.72. The van der Waals surface area contributed by atoms with E-state index < -0.39 is 0 Å². The van der Waals surface area contributed by atoms with Gasteiger partial charge in [-0.05, 0) is 98.0 Å². The summed E-state index contributed by atoms with van der Waals surface area (Å²) in [6, 6.07) is 9.86. The molecule has 0 amide bonds. The number of rotatable bonds is 3. The lowest BCUT2D eigenvalue weighted by atomic mass is 9.90. The molecule has 0 saturated heterocycles. The van der Waals surface area contributed by atoms with Gasteiger partial charge in [-0.1, -0.05) is 6.07 Å². The summed E-state index contributed by atoms with van der Waals surface area (Å²) in [5, 5.41) is 5.52. The molecule has 2 aromatic rings. The molecule has 140 valence electrons. The van der Waals surface area contributed by atoms with Gasteiger partial charge in [0.25, 0.3) is 0 Å². The molecule has 4 nitrogen and oxygen atoms in total. The number of carbonyl (C=O) groups is 1. The molecule has 1 aliphatic rings. The zero-order chi connectivity index (χ0) is 19.1. The summed E-state index contributed by atoms with van der Waals surface area (Å²) >= 11 is 1.29. The van der Waals surface area contributed by atoms with Crippen molar-refractivity contribution in [1.82, 2.24) is 0 Å². The Kier molecular flexibility index (Phi) is 7.54. The number of hydrogen-bond donors (Lipinski definition) is 1. The SMILES string of the molecule is COC(=O)c1ccc2c(c1)CCCC2.COc1cc(C)c(SN)c(C)c1. The molecule has 0 fully saturated rings. The minimum Gasteiger partial charge on any atom is -0.497 e. The van der Waals surface area contributed by atoms with Gasteiger partial charge in [-0.25, -0.2) is 4.79 Å². The second-order valence-corrected chi connectivity index (χ2v) is 7.03. The maximum Gasteiger partial charge on any atom is 0.337 e. The van der Waals surface area contributed by atoms with Crippen molar-refractivity contribution in [2.75, 3.05) is 14.2 Å². The van der Waals surface area contributed by atoms with Gasteiger partial charge in [-0.2, -0.15) is 0 Å². The number of methoxy groups -OCH3 is 2. The van der Waals surface area contributed by atoms with E-state index >= 15 is 0 Å². The van der Waals surface area contributed by atoms with E-state index in [9.17, 15) is 4.79 Å². The number of aryl methyl sites for hydroxylation is 4. The van der Waals surface area contributed by atoms with Crippen molar-refractivity contribution in [3.05, 3.63) is 58.1 Å². The normalized spacial score (nSPS) is 12.5. The molecule has 2 aromatic carbocycles. The Labute approximate surface area is 160 Å². The zero-order valence-corrected chi connectivity index (χ0v) is 16.7.